The average Bonchev–Trinajstić information content (AvgIpc) is 2.35. The first-order chi connectivity index (χ1) is 8.59. The number of pyridine rings is 1. The minimum absolute atomic E-state index is 0.0107. The molecule has 0 aliphatic rings. The van der Waals surface area contributed by atoms with E-state index in [1.165, 1.54) is 0 Å². The second-order valence-corrected chi connectivity index (χ2v) is 4.12. The van der Waals surface area contributed by atoms with Gasteiger partial charge in [-0.3, -0.25) is 9.78 Å². The number of amides is 1. The molecule has 2 rings (SSSR count). The van der Waals surface area contributed by atoms with Gasteiger partial charge in [-0.1, -0.05) is 12.1 Å². The Morgan fingerprint density at radius 1 is 1.22 bits per heavy atom. The van der Waals surface area contributed by atoms with Crippen molar-refractivity contribution in [3.63, 3.8) is 0 Å². The van der Waals surface area contributed by atoms with E-state index in [0.717, 1.165) is 5.56 Å². The molecule has 0 saturated carbocycles. The minimum atomic E-state index is -0.340. The van der Waals surface area contributed by atoms with Gasteiger partial charge in [0.05, 0.1) is 17.4 Å². The molecule has 0 radical (unpaired) electrons. The lowest BCUT2D eigenvalue weighted by Gasteiger charge is -2.09. The maximum absolute atomic E-state index is 12.0. The predicted octanol–water partition coefficient (Wildman–Crippen LogP) is 2.66. The van der Waals surface area contributed by atoms with E-state index in [4.69, 9.17) is 0 Å². The Labute approximate surface area is 105 Å². The van der Waals surface area contributed by atoms with Gasteiger partial charge < -0.3 is 10.4 Å². The minimum Gasteiger partial charge on any atom is -0.507 e. The highest BCUT2D eigenvalue weighted by Crippen LogP contribution is 2.23. The van der Waals surface area contributed by atoms with Crippen molar-refractivity contribution < 1.29 is 9.90 Å². The van der Waals surface area contributed by atoms with Gasteiger partial charge in [0.1, 0.15) is 5.75 Å². The van der Waals surface area contributed by atoms with Crippen LogP contribution in [0.25, 0.3) is 0 Å². The van der Waals surface area contributed by atoms with Crippen LogP contribution < -0.4 is 5.32 Å². The van der Waals surface area contributed by atoms with E-state index in [1.807, 2.05) is 13.0 Å². The molecule has 0 atom stereocenters. The Morgan fingerprint density at radius 2 is 2.00 bits per heavy atom. The van der Waals surface area contributed by atoms with Gasteiger partial charge in [-0.25, -0.2) is 0 Å². The summed E-state index contributed by atoms with van der Waals surface area (Å²) in [5, 5.41) is 12.6. The summed E-state index contributed by atoms with van der Waals surface area (Å²) in [7, 11) is 0. The van der Waals surface area contributed by atoms with Gasteiger partial charge in [0.2, 0.25) is 0 Å². The number of aryl methyl sites for hydroxylation is 2. The maximum atomic E-state index is 12.0. The second-order valence-electron chi connectivity index (χ2n) is 4.12. The van der Waals surface area contributed by atoms with E-state index in [2.05, 4.69) is 10.3 Å². The van der Waals surface area contributed by atoms with Gasteiger partial charge in [0.15, 0.2) is 0 Å². The Kier molecular flexibility index (Phi) is 3.28. The van der Waals surface area contributed by atoms with Gasteiger partial charge in [-0.15, -0.1) is 0 Å². The number of nitrogens with zero attached hydrogens (tertiary/aromatic N) is 1. The number of phenols is 1. The zero-order valence-corrected chi connectivity index (χ0v) is 10.3. The Morgan fingerprint density at radius 3 is 2.72 bits per heavy atom. The molecule has 1 heterocycles. The van der Waals surface area contributed by atoms with E-state index in [0.29, 0.717) is 11.3 Å². The van der Waals surface area contributed by atoms with E-state index in [1.54, 1.807) is 37.5 Å². The summed E-state index contributed by atoms with van der Waals surface area (Å²) < 4.78 is 0. The molecule has 0 saturated heterocycles. The molecule has 0 aliphatic carbocycles. The fourth-order valence-electron chi connectivity index (χ4n) is 1.63. The summed E-state index contributed by atoms with van der Waals surface area (Å²) in [6, 6.07) is 6.89. The number of phenolic OH excluding ortho intramolecular Hbond substituents is 1. The smallest absolute Gasteiger partial charge is 0.259 e. The average molecular weight is 242 g/mol. The van der Waals surface area contributed by atoms with E-state index in [-0.39, 0.29) is 17.2 Å². The summed E-state index contributed by atoms with van der Waals surface area (Å²) >= 11 is 0. The van der Waals surface area contributed by atoms with Gasteiger partial charge in [0.25, 0.3) is 5.91 Å². The molecule has 0 aliphatic heterocycles. The number of carbonyl (C=O) groups excluding carboxylic acids is 1. The zero-order chi connectivity index (χ0) is 13.1. The number of aromatic hydroxyl groups is 1. The van der Waals surface area contributed by atoms with Crippen LogP contribution in [0.15, 0.2) is 36.7 Å². The third-order valence-electron chi connectivity index (χ3n) is 2.77. The fraction of sp³-hybridized carbons (Fsp3) is 0.143. The number of nitrogens with one attached hydrogen (secondary N) is 1. The van der Waals surface area contributed by atoms with Gasteiger partial charge >= 0.3 is 0 Å². The van der Waals surface area contributed by atoms with Crippen LogP contribution in [-0.4, -0.2) is 16.0 Å². The third-order valence-corrected chi connectivity index (χ3v) is 2.77. The molecule has 2 N–H and O–H groups in total. The largest absolute Gasteiger partial charge is 0.507 e. The number of hydrogen-bond donors (Lipinski definition) is 2. The molecule has 4 heteroatoms. The number of benzene rings is 1. The normalized spacial score (nSPS) is 10.1. The number of para-hydroxylation sites is 1. The molecular weight excluding hydrogens is 228 g/mol. The van der Waals surface area contributed by atoms with Crippen LogP contribution in [0.5, 0.6) is 5.75 Å². The summed E-state index contributed by atoms with van der Waals surface area (Å²) in [5.41, 5.74) is 2.50. The van der Waals surface area contributed by atoms with Crippen LogP contribution in [0.4, 0.5) is 5.69 Å². The van der Waals surface area contributed by atoms with Crippen LogP contribution >= 0.6 is 0 Å². The van der Waals surface area contributed by atoms with Crippen molar-refractivity contribution >= 4 is 11.6 Å². The molecule has 18 heavy (non-hydrogen) atoms. The van der Waals surface area contributed by atoms with Gasteiger partial charge in [0, 0.05) is 6.20 Å². The van der Waals surface area contributed by atoms with Crippen molar-refractivity contribution in [2.45, 2.75) is 13.8 Å². The number of carbonyl (C=O) groups is 1. The Bertz CT molecular complexity index is 594. The fourth-order valence-corrected chi connectivity index (χ4v) is 1.63. The van der Waals surface area contributed by atoms with E-state index in [9.17, 15) is 9.90 Å². The van der Waals surface area contributed by atoms with Crippen molar-refractivity contribution in [2.24, 2.45) is 0 Å². The molecule has 0 bridgehead atoms. The lowest BCUT2D eigenvalue weighted by atomic mass is 10.1. The molecule has 0 spiro atoms. The van der Waals surface area contributed by atoms with Crippen LogP contribution in [0.3, 0.4) is 0 Å². The summed E-state index contributed by atoms with van der Waals surface area (Å²) in [4.78, 5) is 16.0. The van der Waals surface area contributed by atoms with Crippen molar-refractivity contribution in [1.29, 1.82) is 0 Å². The van der Waals surface area contributed by atoms with E-state index >= 15 is 0 Å². The Hall–Kier alpha value is -2.36. The number of aromatic nitrogens is 1. The number of anilines is 1. The second kappa shape index (κ2) is 4.87. The van der Waals surface area contributed by atoms with Crippen LogP contribution in [0.2, 0.25) is 0 Å². The quantitative estimate of drug-likeness (QED) is 0.851. The van der Waals surface area contributed by atoms with Crippen molar-refractivity contribution in [1.82, 2.24) is 4.98 Å². The first-order valence-electron chi connectivity index (χ1n) is 5.60. The lowest BCUT2D eigenvalue weighted by molar-refractivity contribution is 0.102. The van der Waals surface area contributed by atoms with E-state index < -0.39 is 0 Å². The highest BCUT2D eigenvalue weighted by atomic mass is 16.3. The van der Waals surface area contributed by atoms with Crippen molar-refractivity contribution in [3.05, 3.63) is 53.3 Å². The molecule has 0 unspecified atom stereocenters. The van der Waals surface area contributed by atoms with Crippen LogP contribution in [0.1, 0.15) is 21.5 Å². The summed E-state index contributed by atoms with van der Waals surface area (Å²) in [5.74, 6) is -0.330. The third kappa shape index (κ3) is 2.32. The lowest BCUT2D eigenvalue weighted by Crippen LogP contribution is -2.13. The molecule has 4 nitrogen and oxygen atoms in total. The maximum Gasteiger partial charge on any atom is 0.259 e. The Balaban J connectivity index is 2.28. The SMILES string of the molecule is Cc1ccncc1NC(=O)c1cccc(C)c1O. The summed E-state index contributed by atoms with van der Waals surface area (Å²) in [6.07, 6.45) is 3.25. The first-order valence-corrected chi connectivity index (χ1v) is 5.60. The van der Waals surface area contributed by atoms with Gasteiger partial charge in [-0.05, 0) is 37.1 Å². The van der Waals surface area contributed by atoms with Crippen LogP contribution in [-0.2, 0) is 0 Å². The molecule has 2 aromatic rings. The molecule has 1 aromatic heterocycles. The predicted molar refractivity (Wildman–Crippen MR) is 69.8 cm³/mol. The molecular formula is C14H14N2O2. The zero-order valence-electron chi connectivity index (χ0n) is 10.3. The monoisotopic (exact) mass is 242 g/mol. The van der Waals surface area contributed by atoms with Crippen molar-refractivity contribution in [2.75, 3.05) is 5.32 Å². The molecule has 1 amide bonds. The molecule has 1 aromatic carbocycles. The highest BCUT2D eigenvalue weighted by molar-refractivity contribution is 6.06. The van der Waals surface area contributed by atoms with Crippen LogP contribution in [0, 0.1) is 13.8 Å². The number of rotatable bonds is 2. The first kappa shape index (κ1) is 12.1. The topological polar surface area (TPSA) is 62.2 Å². The molecule has 0 fully saturated rings. The van der Waals surface area contributed by atoms with Crippen molar-refractivity contribution in [3.8, 4) is 5.75 Å². The number of hydrogen-bond acceptors (Lipinski definition) is 3. The molecule has 92 valence electrons. The standard InChI is InChI=1S/C14H14N2O2/c1-9-6-7-15-8-12(9)16-14(18)11-5-3-4-10(2)13(11)17/h3-8,17H,1-2H3,(H,16,18). The van der Waals surface area contributed by atoms with Gasteiger partial charge in [-0.2, -0.15) is 0 Å². The summed E-state index contributed by atoms with van der Waals surface area (Å²) in [6.45, 7) is 3.63. The highest BCUT2D eigenvalue weighted by Gasteiger charge is 2.13.